The van der Waals surface area contributed by atoms with Crippen LogP contribution >= 0.6 is 0 Å². The maximum absolute atomic E-state index is 5.08. The molecule has 1 aromatic carbocycles. The highest BCUT2D eigenvalue weighted by molar-refractivity contribution is 5.76. The van der Waals surface area contributed by atoms with Crippen LogP contribution in [0.1, 0.15) is 28.1 Å². The molecule has 6 heteroatoms. The molecule has 3 aromatic heterocycles. The average molecular weight is 387 g/mol. The number of imidazole rings is 1. The summed E-state index contributed by atoms with van der Waals surface area (Å²) in [4.78, 5) is 13.3. The van der Waals surface area contributed by atoms with Gasteiger partial charge in [-0.05, 0) is 50.5 Å². The highest BCUT2D eigenvalue weighted by atomic mass is 16.5. The Kier molecular flexibility index (Phi) is 4.92. The molecule has 0 unspecified atom stereocenters. The molecule has 4 aromatic rings. The maximum atomic E-state index is 5.08. The lowest BCUT2D eigenvalue weighted by Gasteiger charge is -2.14. The molecule has 29 heavy (non-hydrogen) atoms. The second kappa shape index (κ2) is 7.54. The van der Waals surface area contributed by atoms with Crippen LogP contribution in [0.3, 0.4) is 0 Å². The largest absolute Gasteiger partial charge is 0.467 e. The third-order valence-electron chi connectivity index (χ3n) is 5.44. The van der Waals surface area contributed by atoms with Gasteiger partial charge < -0.3 is 14.5 Å². The minimum atomic E-state index is 0.359. The van der Waals surface area contributed by atoms with E-state index in [0.29, 0.717) is 6.01 Å². The van der Waals surface area contributed by atoms with Gasteiger partial charge in [-0.1, -0.05) is 18.2 Å². The first kappa shape index (κ1) is 18.9. The zero-order valence-electron chi connectivity index (χ0n) is 17.4. The van der Waals surface area contributed by atoms with Gasteiger partial charge in [0.2, 0.25) is 0 Å². The first-order valence-corrected chi connectivity index (χ1v) is 9.62. The van der Waals surface area contributed by atoms with Crippen molar-refractivity contribution in [1.29, 1.82) is 0 Å². The SMILES string of the molecule is COc1ncc(-c2cc(NCc3c(C)cccc3C)c3nc(C)c(C)n3c2)cn1. The Balaban J connectivity index is 1.78. The highest BCUT2D eigenvalue weighted by Gasteiger charge is 2.13. The summed E-state index contributed by atoms with van der Waals surface area (Å²) < 4.78 is 7.21. The van der Waals surface area contributed by atoms with Crippen LogP contribution in [0.2, 0.25) is 0 Å². The number of hydrogen-bond donors (Lipinski definition) is 1. The van der Waals surface area contributed by atoms with Gasteiger partial charge in [-0.2, -0.15) is 0 Å². The van der Waals surface area contributed by atoms with Crippen LogP contribution in [0.15, 0.2) is 42.9 Å². The standard InChI is InChI=1S/C23H25N5O/c1-14-7-6-8-15(2)20(14)12-24-21-9-18(19-10-25-23(29-5)26-11-19)13-28-17(4)16(3)27-22(21)28/h6-11,13,24H,12H2,1-5H3. The third-order valence-corrected chi connectivity index (χ3v) is 5.44. The molecule has 4 rings (SSSR count). The summed E-state index contributed by atoms with van der Waals surface area (Å²) in [6.45, 7) is 9.15. The summed E-state index contributed by atoms with van der Waals surface area (Å²) in [5.74, 6) is 0. The van der Waals surface area contributed by atoms with Gasteiger partial charge in [0.15, 0.2) is 5.65 Å². The lowest BCUT2D eigenvalue weighted by molar-refractivity contribution is 0.380. The summed E-state index contributed by atoms with van der Waals surface area (Å²) in [6, 6.07) is 8.86. The van der Waals surface area contributed by atoms with Gasteiger partial charge in [0.1, 0.15) is 0 Å². The second-order valence-corrected chi connectivity index (χ2v) is 7.30. The fourth-order valence-corrected chi connectivity index (χ4v) is 3.54. The first-order chi connectivity index (χ1) is 14.0. The molecule has 0 bridgehead atoms. The number of aryl methyl sites for hydroxylation is 4. The summed E-state index contributed by atoms with van der Waals surface area (Å²) >= 11 is 0. The number of hydrogen-bond acceptors (Lipinski definition) is 5. The van der Waals surface area contributed by atoms with E-state index in [1.54, 1.807) is 19.5 Å². The van der Waals surface area contributed by atoms with Gasteiger partial charge >= 0.3 is 6.01 Å². The molecule has 0 spiro atoms. The predicted molar refractivity (Wildman–Crippen MR) is 115 cm³/mol. The third kappa shape index (κ3) is 3.53. The van der Waals surface area contributed by atoms with E-state index in [1.807, 2.05) is 6.92 Å². The molecule has 3 heterocycles. The quantitative estimate of drug-likeness (QED) is 0.540. The second-order valence-electron chi connectivity index (χ2n) is 7.30. The fourth-order valence-electron chi connectivity index (χ4n) is 3.54. The molecule has 0 radical (unpaired) electrons. The number of benzene rings is 1. The molecule has 0 aliphatic rings. The molecule has 0 aliphatic carbocycles. The monoisotopic (exact) mass is 387 g/mol. The number of pyridine rings is 1. The molecular weight excluding hydrogens is 362 g/mol. The Bertz CT molecular complexity index is 1160. The van der Waals surface area contributed by atoms with Crippen LogP contribution in [0.25, 0.3) is 16.8 Å². The molecule has 6 nitrogen and oxygen atoms in total. The zero-order valence-corrected chi connectivity index (χ0v) is 17.4. The predicted octanol–water partition coefficient (Wildman–Crippen LogP) is 4.65. The van der Waals surface area contributed by atoms with Gasteiger partial charge in [0.25, 0.3) is 0 Å². The molecule has 0 fully saturated rings. The first-order valence-electron chi connectivity index (χ1n) is 9.62. The normalized spacial score (nSPS) is 11.1. The van der Waals surface area contributed by atoms with E-state index in [-0.39, 0.29) is 0 Å². The van der Waals surface area contributed by atoms with E-state index in [2.05, 4.69) is 70.9 Å². The van der Waals surface area contributed by atoms with Crippen LogP contribution in [-0.4, -0.2) is 26.5 Å². The highest BCUT2D eigenvalue weighted by Crippen LogP contribution is 2.28. The van der Waals surface area contributed by atoms with Crippen molar-refractivity contribution in [3.8, 4) is 17.1 Å². The van der Waals surface area contributed by atoms with Crippen molar-refractivity contribution in [1.82, 2.24) is 19.4 Å². The topological polar surface area (TPSA) is 64.3 Å². The lowest BCUT2D eigenvalue weighted by Crippen LogP contribution is -2.05. The van der Waals surface area contributed by atoms with Gasteiger partial charge in [0, 0.05) is 42.0 Å². The summed E-state index contributed by atoms with van der Waals surface area (Å²) in [5, 5.41) is 3.61. The van der Waals surface area contributed by atoms with Crippen LogP contribution in [0, 0.1) is 27.7 Å². The number of rotatable bonds is 5. The minimum Gasteiger partial charge on any atom is -0.467 e. The number of fused-ring (bicyclic) bond motifs is 1. The zero-order chi connectivity index (χ0) is 20.5. The van der Waals surface area contributed by atoms with Crippen molar-refractivity contribution in [2.24, 2.45) is 0 Å². The summed E-state index contributed by atoms with van der Waals surface area (Å²) in [5.41, 5.74) is 9.85. The molecule has 1 N–H and O–H groups in total. The van der Waals surface area contributed by atoms with Crippen LogP contribution in [0.5, 0.6) is 6.01 Å². The van der Waals surface area contributed by atoms with Crippen LogP contribution in [-0.2, 0) is 6.54 Å². The minimum absolute atomic E-state index is 0.359. The molecule has 148 valence electrons. The van der Waals surface area contributed by atoms with Crippen molar-refractivity contribution in [2.45, 2.75) is 34.2 Å². The van der Waals surface area contributed by atoms with Crippen LogP contribution in [0.4, 0.5) is 5.69 Å². The number of anilines is 1. The van der Waals surface area contributed by atoms with Crippen molar-refractivity contribution < 1.29 is 4.74 Å². The van der Waals surface area contributed by atoms with Gasteiger partial charge in [-0.3, -0.25) is 0 Å². The van der Waals surface area contributed by atoms with Gasteiger partial charge in [-0.15, -0.1) is 0 Å². The summed E-state index contributed by atoms with van der Waals surface area (Å²) in [7, 11) is 1.56. The van der Waals surface area contributed by atoms with Crippen molar-refractivity contribution in [3.63, 3.8) is 0 Å². The summed E-state index contributed by atoms with van der Waals surface area (Å²) in [6.07, 6.45) is 5.64. The molecule has 0 atom stereocenters. The molecule has 0 amide bonds. The Morgan fingerprint density at radius 2 is 1.69 bits per heavy atom. The molecular formula is C23H25N5O. The Morgan fingerprint density at radius 3 is 2.34 bits per heavy atom. The Hall–Kier alpha value is -3.41. The smallest absolute Gasteiger partial charge is 0.316 e. The van der Waals surface area contributed by atoms with E-state index < -0.39 is 0 Å². The van der Waals surface area contributed by atoms with E-state index in [4.69, 9.17) is 9.72 Å². The Labute approximate surface area is 170 Å². The van der Waals surface area contributed by atoms with E-state index in [1.165, 1.54) is 16.7 Å². The average Bonchev–Trinajstić information content (AvgIpc) is 3.02. The van der Waals surface area contributed by atoms with Crippen molar-refractivity contribution in [2.75, 3.05) is 12.4 Å². The number of nitrogens with zero attached hydrogens (tertiary/aromatic N) is 4. The van der Waals surface area contributed by atoms with Crippen molar-refractivity contribution >= 4 is 11.3 Å². The fraction of sp³-hybridized carbons (Fsp3) is 0.261. The molecule has 0 aliphatic heterocycles. The maximum Gasteiger partial charge on any atom is 0.316 e. The Morgan fingerprint density at radius 1 is 1.00 bits per heavy atom. The lowest BCUT2D eigenvalue weighted by atomic mass is 10.0. The molecule has 0 saturated carbocycles. The van der Waals surface area contributed by atoms with Gasteiger partial charge in [-0.25, -0.2) is 15.0 Å². The van der Waals surface area contributed by atoms with E-state index in [9.17, 15) is 0 Å². The number of nitrogens with one attached hydrogen (secondary N) is 1. The van der Waals surface area contributed by atoms with Crippen molar-refractivity contribution in [3.05, 3.63) is 70.9 Å². The van der Waals surface area contributed by atoms with E-state index >= 15 is 0 Å². The number of aromatic nitrogens is 4. The van der Waals surface area contributed by atoms with Gasteiger partial charge in [0.05, 0.1) is 18.5 Å². The number of ether oxygens (including phenoxy) is 1. The van der Waals surface area contributed by atoms with E-state index in [0.717, 1.165) is 40.4 Å². The molecule has 0 saturated heterocycles. The number of methoxy groups -OCH3 is 1. The van der Waals surface area contributed by atoms with Crippen LogP contribution < -0.4 is 10.1 Å².